The number of aromatic amines is 1. The summed E-state index contributed by atoms with van der Waals surface area (Å²) in [5.74, 6) is 21.4. The molecule has 7 rings (SSSR count). The number of hydrogen-bond donors (Lipinski definition) is 3. The number of aromatic nitrogens is 6. The largest absolute Gasteiger partial charge is 0.494 e. The van der Waals surface area contributed by atoms with Crippen LogP contribution in [0, 0.1) is 60.2 Å². The SMILES string of the molecule is C#CC#CC#CC#CC#C.COc1cncc2nc(N3CCOCC3)[nH]c(=O)c12.COc1cncc2nc(N3CCOCC3)nc(NC[C@@H](N)Cc3ccccc3)c12. The summed E-state index contributed by atoms with van der Waals surface area (Å²) in [7, 11) is 3.13. The Morgan fingerprint density at radius 3 is 1.91 bits per heavy atom. The number of pyridine rings is 2. The molecule has 4 aromatic heterocycles. The molecule has 0 spiro atoms. The molecule has 6 heterocycles. The fourth-order valence-corrected chi connectivity index (χ4v) is 5.77. The lowest BCUT2D eigenvalue weighted by Gasteiger charge is -2.27. The van der Waals surface area contributed by atoms with Crippen LogP contribution in [-0.4, -0.2) is 109 Å². The molecular weight excluding hydrogens is 737 g/mol. The molecule has 15 heteroatoms. The van der Waals surface area contributed by atoms with Gasteiger partial charge in [-0.1, -0.05) is 30.3 Å². The van der Waals surface area contributed by atoms with Gasteiger partial charge in [-0.3, -0.25) is 19.7 Å². The third kappa shape index (κ3) is 11.8. The lowest BCUT2D eigenvalue weighted by molar-refractivity contribution is 0.122. The number of nitrogens with one attached hydrogen (secondary N) is 2. The second kappa shape index (κ2) is 22.3. The molecule has 5 aromatic rings. The summed E-state index contributed by atoms with van der Waals surface area (Å²) in [4.78, 5) is 41.3. The van der Waals surface area contributed by atoms with Crippen molar-refractivity contribution in [2.24, 2.45) is 5.73 Å². The molecule has 0 unspecified atom stereocenters. The van der Waals surface area contributed by atoms with Gasteiger partial charge in [0.15, 0.2) is 5.75 Å². The molecule has 58 heavy (non-hydrogen) atoms. The predicted molar refractivity (Wildman–Crippen MR) is 224 cm³/mol. The molecule has 0 amide bonds. The highest BCUT2D eigenvalue weighted by molar-refractivity contribution is 5.94. The monoisotopic (exact) mass is 778 g/mol. The van der Waals surface area contributed by atoms with Gasteiger partial charge in [0.05, 0.1) is 70.8 Å². The van der Waals surface area contributed by atoms with Gasteiger partial charge in [-0.25, -0.2) is 9.97 Å². The Balaban J connectivity index is 0.000000189. The molecule has 1 atom stereocenters. The van der Waals surface area contributed by atoms with Crippen molar-refractivity contribution < 1.29 is 18.9 Å². The maximum atomic E-state index is 12.2. The lowest BCUT2D eigenvalue weighted by Crippen LogP contribution is -2.38. The van der Waals surface area contributed by atoms with E-state index in [4.69, 9.17) is 47.5 Å². The van der Waals surface area contributed by atoms with E-state index in [2.05, 4.69) is 89.6 Å². The molecule has 2 aliphatic heterocycles. The number of hydrogen-bond acceptors (Lipinski definition) is 14. The first-order valence-corrected chi connectivity index (χ1v) is 18.2. The number of terminal acetylenes is 2. The van der Waals surface area contributed by atoms with E-state index in [0.29, 0.717) is 86.2 Å². The average molecular weight is 779 g/mol. The maximum absolute atomic E-state index is 12.2. The third-order valence-electron chi connectivity index (χ3n) is 8.50. The third-order valence-corrected chi connectivity index (χ3v) is 8.50. The Hall–Kier alpha value is -7.32. The molecular formula is C43H42N10O5. The van der Waals surface area contributed by atoms with Gasteiger partial charge in [-0.05, 0) is 59.3 Å². The van der Waals surface area contributed by atoms with E-state index in [1.54, 1.807) is 25.7 Å². The van der Waals surface area contributed by atoms with Crippen molar-refractivity contribution in [1.29, 1.82) is 0 Å². The van der Waals surface area contributed by atoms with E-state index in [1.807, 2.05) is 23.1 Å². The van der Waals surface area contributed by atoms with Crippen molar-refractivity contribution >= 4 is 39.5 Å². The topological polar surface area (TPSA) is 179 Å². The number of H-pyrrole nitrogens is 1. The Morgan fingerprint density at radius 1 is 0.776 bits per heavy atom. The zero-order chi connectivity index (χ0) is 41.0. The molecule has 0 saturated carbocycles. The predicted octanol–water partition coefficient (Wildman–Crippen LogP) is 2.28. The molecule has 15 nitrogen and oxygen atoms in total. The Labute approximate surface area is 337 Å². The molecule has 4 N–H and O–H groups in total. The zero-order valence-electron chi connectivity index (χ0n) is 32.2. The normalized spacial score (nSPS) is 13.4. The summed E-state index contributed by atoms with van der Waals surface area (Å²) in [5.41, 5.74) is 8.64. The molecule has 2 saturated heterocycles. The van der Waals surface area contributed by atoms with E-state index in [-0.39, 0.29) is 11.6 Å². The Morgan fingerprint density at radius 2 is 1.33 bits per heavy atom. The summed E-state index contributed by atoms with van der Waals surface area (Å²) in [6.45, 7) is 6.14. The molecule has 2 aliphatic rings. The van der Waals surface area contributed by atoms with Crippen LogP contribution in [0.25, 0.3) is 21.8 Å². The van der Waals surface area contributed by atoms with Gasteiger partial charge < -0.3 is 39.8 Å². The van der Waals surface area contributed by atoms with Gasteiger partial charge in [0.1, 0.15) is 28.0 Å². The van der Waals surface area contributed by atoms with Crippen LogP contribution in [0.15, 0.2) is 59.9 Å². The summed E-state index contributed by atoms with van der Waals surface area (Å²) in [6, 6.07) is 10.2. The fourth-order valence-electron chi connectivity index (χ4n) is 5.77. The van der Waals surface area contributed by atoms with Gasteiger partial charge in [0.25, 0.3) is 5.56 Å². The van der Waals surface area contributed by atoms with E-state index >= 15 is 0 Å². The number of benzene rings is 1. The van der Waals surface area contributed by atoms with Gasteiger partial charge in [0.2, 0.25) is 11.9 Å². The van der Waals surface area contributed by atoms with Crippen LogP contribution in [0.3, 0.4) is 0 Å². The summed E-state index contributed by atoms with van der Waals surface area (Å²) >= 11 is 0. The van der Waals surface area contributed by atoms with Crippen molar-refractivity contribution in [1.82, 2.24) is 29.9 Å². The molecule has 294 valence electrons. The van der Waals surface area contributed by atoms with E-state index in [1.165, 1.54) is 18.9 Å². The zero-order valence-corrected chi connectivity index (χ0v) is 32.2. The number of nitrogens with two attached hydrogens (primary N) is 1. The van der Waals surface area contributed by atoms with E-state index in [0.717, 1.165) is 30.4 Å². The molecule has 0 bridgehead atoms. The molecule has 2 fully saturated rings. The van der Waals surface area contributed by atoms with Gasteiger partial charge in [-0.2, -0.15) is 4.98 Å². The van der Waals surface area contributed by atoms with Gasteiger partial charge >= 0.3 is 0 Å². The molecule has 1 aromatic carbocycles. The van der Waals surface area contributed by atoms with Crippen LogP contribution in [0.5, 0.6) is 11.5 Å². The second-order valence-electron chi connectivity index (χ2n) is 12.3. The van der Waals surface area contributed by atoms with E-state index < -0.39 is 0 Å². The summed E-state index contributed by atoms with van der Waals surface area (Å²) in [5, 5.41) is 4.66. The van der Waals surface area contributed by atoms with Crippen molar-refractivity contribution in [2.45, 2.75) is 12.5 Å². The first kappa shape index (κ1) is 41.8. The van der Waals surface area contributed by atoms with E-state index in [9.17, 15) is 4.79 Å². The standard InChI is InChI=1S/C21H26N6O2.C12H14N4O3.C10H2/c1-28-18-14-23-13-17-19(18)20(26-21(25-17)27-7-9-29-10-8-27)24-12-16(22)11-15-5-3-2-4-6-15;1-18-9-7-13-6-8-10(9)11(17)15-12(14-8)16-2-4-19-5-3-16;1-3-5-7-9-10-8-6-4-2/h2-6,13-14,16H,7-12,22H2,1H3,(H,24,25,26);6-7H,2-5H2,1H3,(H,14,15,17);1-2H/t16-;;/m0../s1. The van der Waals surface area contributed by atoms with Crippen molar-refractivity contribution in [3.63, 3.8) is 0 Å². The van der Waals surface area contributed by atoms with Crippen molar-refractivity contribution in [3.8, 4) is 71.7 Å². The molecule has 0 radical (unpaired) electrons. The minimum atomic E-state index is -0.217. The highest BCUT2D eigenvalue weighted by atomic mass is 16.5. The van der Waals surface area contributed by atoms with Gasteiger partial charge in [0, 0.05) is 38.8 Å². The van der Waals surface area contributed by atoms with Crippen molar-refractivity contribution in [3.05, 3.63) is 71.0 Å². The number of ether oxygens (including phenoxy) is 4. The summed E-state index contributed by atoms with van der Waals surface area (Å²) < 4.78 is 21.4. The Kier molecular flexibility index (Phi) is 16.1. The highest BCUT2D eigenvalue weighted by Crippen LogP contribution is 2.31. The number of anilines is 3. The first-order chi connectivity index (χ1) is 28.4. The molecule has 0 aliphatic carbocycles. The maximum Gasteiger partial charge on any atom is 0.264 e. The van der Waals surface area contributed by atoms with Crippen molar-refractivity contribution in [2.75, 3.05) is 88.5 Å². The lowest BCUT2D eigenvalue weighted by atomic mass is 10.1. The number of rotatable bonds is 9. The second-order valence-corrected chi connectivity index (χ2v) is 12.3. The average Bonchev–Trinajstić information content (AvgIpc) is 3.27. The van der Waals surface area contributed by atoms with Crippen LogP contribution in [0.1, 0.15) is 5.56 Å². The minimum Gasteiger partial charge on any atom is -0.494 e. The quantitative estimate of drug-likeness (QED) is 0.186. The van der Waals surface area contributed by atoms with Crippen LogP contribution < -0.4 is 35.9 Å². The van der Waals surface area contributed by atoms with Gasteiger partial charge in [-0.15, -0.1) is 12.8 Å². The van der Waals surface area contributed by atoms with Crippen LogP contribution in [0.2, 0.25) is 0 Å². The smallest absolute Gasteiger partial charge is 0.264 e. The summed E-state index contributed by atoms with van der Waals surface area (Å²) in [6.07, 6.45) is 16.9. The fraction of sp³-hybridized carbons (Fsp3) is 0.302. The van der Waals surface area contributed by atoms with Crippen LogP contribution in [0.4, 0.5) is 17.7 Å². The van der Waals surface area contributed by atoms with Crippen LogP contribution in [-0.2, 0) is 15.9 Å². The number of fused-ring (bicyclic) bond motifs is 2. The highest BCUT2D eigenvalue weighted by Gasteiger charge is 2.20. The number of methoxy groups -OCH3 is 2. The minimum absolute atomic E-state index is 0.0536. The first-order valence-electron chi connectivity index (χ1n) is 18.2. The number of nitrogens with zero attached hydrogens (tertiary/aromatic N) is 7. The number of morpholine rings is 2. The Bertz CT molecular complexity index is 2450. The van der Waals surface area contributed by atoms with Crippen LogP contribution >= 0.6 is 0 Å².